The summed E-state index contributed by atoms with van der Waals surface area (Å²) in [5.41, 5.74) is 1.95. The molecular weight excluding hydrogens is 322 g/mol. The zero-order valence-corrected chi connectivity index (χ0v) is 13.9. The molecule has 0 heterocycles. The Balaban J connectivity index is 2.78. The van der Waals surface area contributed by atoms with Crippen molar-refractivity contribution in [3.8, 4) is 0 Å². The van der Waals surface area contributed by atoms with Gasteiger partial charge in [-0.3, -0.25) is 0 Å². The molecule has 0 amide bonds. The first-order valence-corrected chi connectivity index (χ1v) is 7.81. The number of anilines is 1. The summed E-state index contributed by atoms with van der Waals surface area (Å²) in [5, 5.41) is 9.52. The standard InChI is InChI=1S/C15H24BrNO3/c1-3-19-9-7-17(8-10-20-4-2)15-6-5-14(16)11-13(15)12-18/h5-6,11,18H,3-4,7-10,12H2,1-2H3. The fourth-order valence-electron chi connectivity index (χ4n) is 1.98. The van der Waals surface area contributed by atoms with Crippen molar-refractivity contribution in [2.24, 2.45) is 0 Å². The van der Waals surface area contributed by atoms with E-state index in [1.807, 2.05) is 32.0 Å². The maximum atomic E-state index is 9.52. The van der Waals surface area contributed by atoms with E-state index in [4.69, 9.17) is 9.47 Å². The number of hydrogen-bond donors (Lipinski definition) is 1. The molecule has 0 fully saturated rings. The summed E-state index contributed by atoms with van der Waals surface area (Å²) >= 11 is 3.43. The molecule has 114 valence electrons. The predicted octanol–water partition coefficient (Wildman–Crippen LogP) is 2.82. The zero-order valence-electron chi connectivity index (χ0n) is 12.3. The van der Waals surface area contributed by atoms with Gasteiger partial charge in [-0.2, -0.15) is 0 Å². The molecule has 0 aliphatic carbocycles. The third kappa shape index (κ3) is 5.79. The van der Waals surface area contributed by atoms with Gasteiger partial charge in [0.05, 0.1) is 19.8 Å². The molecule has 0 atom stereocenters. The van der Waals surface area contributed by atoms with Crippen LogP contribution in [0, 0.1) is 0 Å². The summed E-state index contributed by atoms with van der Waals surface area (Å²) in [7, 11) is 0. The lowest BCUT2D eigenvalue weighted by atomic mass is 10.1. The van der Waals surface area contributed by atoms with Crippen LogP contribution < -0.4 is 4.90 Å². The Bertz CT molecular complexity index is 377. The predicted molar refractivity (Wildman–Crippen MR) is 85.3 cm³/mol. The molecule has 20 heavy (non-hydrogen) atoms. The van der Waals surface area contributed by atoms with Gasteiger partial charge in [0.25, 0.3) is 0 Å². The molecule has 0 bridgehead atoms. The van der Waals surface area contributed by atoms with E-state index in [1.54, 1.807) is 0 Å². The molecule has 1 rings (SSSR count). The second-order valence-electron chi connectivity index (χ2n) is 4.31. The first-order valence-electron chi connectivity index (χ1n) is 7.02. The van der Waals surface area contributed by atoms with Crippen molar-refractivity contribution < 1.29 is 14.6 Å². The molecule has 1 aromatic carbocycles. The molecule has 0 saturated heterocycles. The third-order valence-electron chi connectivity index (χ3n) is 2.97. The van der Waals surface area contributed by atoms with Crippen LogP contribution in [0.5, 0.6) is 0 Å². The Morgan fingerprint density at radius 3 is 2.20 bits per heavy atom. The first-order chi connectivity index (χ1) is 9.72. The smallest absolute Gasteiger partial charge is 0.0702 e. The second-order valence-corrected chi connectivity index (χ2v) is 5.23. The van der Waals surface area contributed by atoms with Gasteiger partial charge in [0.1, 0.15) is 0 Å². The minimum Gasteiger partial charge on any atom is -0.392 e. The lowest BCUT2D eigenvalue weighted by Gasteiger charge is -2.27. The van der Waals surface area contributed by atoms with Crippen LogP contribution in [0.3, 0.4) is 0 Å². The van der Waals surface area contributed by atoms with Gasteiger partial charge in [-0.25, -0.2) is 0 Å². The topological polar surface area (TPSA) is 41.9 Å². The summed E-state index contributed by atoms with van der Waals surface area (Å²) in [6.45, 7) is 8.35. The average Bonchev–Trinajstić information content (AvgIpc) is 2.46. The molecule has 4 nitrogen and oxygen atoms in total. The third-order valence-corrected chi connectivity index (χ3v) is 3.47. The Kier molecular flexibility index (Phi) is 8.85. The molecule has 0 radical (unpaired) electrons. The Hall–Kier alpha value is -0.620. The van der Waals surface area contributed by atoms with Gasteiger partial charge in [0, 0.05) is 42.0 Å². The normalized spacial score (nSPS) is 10.8. The fourth-order valence-corrected chi connectivity index (χ4v) is 2.39. The van der Waals surface area contributed by atoms with Crippen LogP contribution in [0.1, 0.15) is 19.4 Å². The summed E-state index contributed by atoms with van der Waals surface area (Å²) in [6.07, 6.45) is 0. The highest BCUT2D eigenvalue weighted by Gasteiger charge is 2.11. The van der Waals surface area contributed by atoms with Crippen LogP contribution in [0.25, 0.3) is 0 Å². The van der Waals surface area contributed by atoms with Crippen molar-refractivity contribution in [2.75, 3.05) is 44.4 Å². The molecule has 1 N–H and O–H groups in total. The van der Waals surface area contributed by atoms with Gasteiger partial charge in [-0.15, -0.1) is 0 Å². The Morgan fingerprint density at radius 1 is 1.10 bits per heavy atom. The minimum atomic E-state index is 0.0224. The maximum Gasteiger partial charge on any atom is 0.0702 e. The highest BCUT2D eigenvalue weighted by molar-refractivity contribution is 9.10. The molecule has 0 spiro atoms. The van der Waals surface area contributed by atoms with E-state index in [1.165, 1.54) is 0 Å². The Labute approximate surface area is 129 Å². The fraction of sp³-hybridized carbons (Fsp3) is 0.600. The number of benzene rings is 1. The van der Waals surface area contributed by atoms with E-state index >= 15 is 0 Å². The lowest BCUT2D eigenvalue weighted by Crippen LogP contribution is -2.32. The number of nitrogens with zero attached hydrogens (tertiary/aromatic N) is 1. The SMILES string of the molecule is CCOCCN(CCOCC)c1ccc(Br)cc1CO. The van der Waals surface area contributed by atoms with E-state index in [-0.39, 0.29) is 6.61 Å². The molecule has 5 heteroatoms. The van der Waals surface area contributed by atoms with Crippen molar-refractivity contribution in [2.45, 2.75) is 20.5 Å². The number of hydrogen-bond acceptors (Lipinski definition) is 4. The molecule has 1 aromatic rings. The highest BCUT2D eigenvalue weighted by Crippen LogP contribution is 2.24. The summed E-state index contributed by atoms with van der Waals surface area (Å²) in [6, 6.07) is 5.96. The van der Waals surface area contributed by atoms with Gasteiger partial charge in [-0.05, 0) is 32.0 Å². The van der Waals surface area contributed by atoms with Crippen LogP contribution in [-0.4, -0.2) is 44.6 Å². The second kappa shape index (κ2) is 10.2. The van der Waals surface area contributed by atoms with Crippen molar-refractivity contribution in [3.05, 3.63) is 28.2 Å². The number of aliphatic hydroxyl groups is 1. The maximum absolute atomic E-state index is 9.52. The van der Waals surface area contributed by atoms with Crippen LogP contribution in [0.15, 0.2) is 22.7 Å². The van der Waals surface area contributed by atoms with Crippen molar-refractivity contribution in [1.82, 2.24) is 0 Å². The summed E-state index contributed by atoms with van der Waals surface area (Å²) in [4.78, 5) is 2.20. The van der Waals surface area contributed by atoms with Gasteiger partial charge in [0.15, 0.2) is 0 Å². The monoisotopic (exact) mass is 345 g/mol. The highest BCUT2D eigenvalue weighted by atomic mass is 79.9. The van der Waals surface area contributed by atoms with E-state index in [2.05, 4.69) is 20.8 Å². The van der Waals surface area contributed by atoms with Crippen LogP contribution >= 0.6 is 15.9 Å². The summed E-state index contributed by atoms with van der Waals surface area (Å²) < 4.78 is 11.8. The molecule has 0 aromatic heterocycles. The van der Waals surface area contributed by atoms with Crippen molar-refractivity contribution in [1.29, 1.82) is 0 Å². The molecular formula is C15H24BrNO3. The van der Waals surface area contributed by atoms with Gasteiger partial charge in [-0.1, -0.05) is 15.9 Å². The van der Waals surface area contributed by atoms with Crippen LogP contribution in [-0.2, 0) is 16.1 Å². The van der Waals surface area contributed by atoms with E-state index in [0.29, 0.717) is 26.4 Å². The van der Waals surface area contributed by atoms with Gasteiger partial charge < -0.3 is 19.5 Å². The van der Waals surface area contributed by atoms with E-state index < -0.39 is 0 Å². The van der Waals surface area contributed by atoms with Crippen molar-refractivity contribution >= 4 is 21.6 Å². The van der Waals surface area contributed by atoms with Gasteiger partial charge in [0.2, 0.25) is 0 Å². The zero-order chi connectivity index (χ0) is 14.8. The van der Waals surface area contributed by atoms with E-state index in [9.17, 15) is 5.11 Å². The number of ether oxygens (including phenoxy) is 2. The Morgan fingerprint density at radius 2 is 1.70 bits per heavy atom. The molecule has 0 unspecified atom stereocenters. The number of halogens is 1. The molecule has 0 saturated carbocycles. The first kappa shape index (κ1) is 17.4. The average molecular weight is 346 g/mol. The lowest BCUT2D eigenvalue weighted by molar-refractivity contribution is 0.141. The van der Waals surface area contributed by atoms with Crippen LogP contribution in [0.4, 0.5) is 5.69 Å². The van der Waals surface area contributed by atoms with E-state index in [0.717, 1.165) is 28.8 Å². The molecule has 0 aliphatic rings. The summed E-state index contributed by atoms with van der Waals surface area (Å²) in [5.74, 6) is 0. The number of rotatable bonds is 10. The van der Waals surface area contributed by atoms with Crippen LogP contribution in [0.2, 0.25) is 0 Å². The van der Waals surface area contributed by atoms with Gasteiger partial charge >= 0.3 is 0 Å². The van der Waals surface area contributed by atoms with Crippen molar-refractivity contribution in [3.63, 3.8) is 0 Å². The minimum absolute atomic E-state index is 0.0224. The number of aliphatic hydroxyl groups excluding tert-OH is 1. The molecule has 0 aliphatic heterocycles. The largest absolute Gasteiger partial charge is 0.392 e. The quantitative estimate of drug-likeness (QED) is 0.662.